The summed E-state index contributed by atoms with van der Waals surface area (Å²) < 4.78 is 28.4. The maximum atomic E-state index is 13.9. The predicted molar refractivity (Wildman–Crippen MR) is 194 cm³/mol. The van der Waals surface area contributed by atoms with Crippen molar-refractivity contribution in [1.29, 1.82) is 0 Å². The first-order valence-corrected chi connectivity index (χ1v) is 18.5. The first-order valence-electron chi connectivity index (χ1n) is 16.6. The lowest BCUT2D eigenvalue weighted by Crippen LogP contribution is -2.41. The summed E-state index contributed by atoms with van der Waals surface area (Å²) in [5, 5.41) is 5.85. The van der Waals surface area contributed by atoms with Crippen LogP contribution in [0.4, 0.5) is 21.0 Å². The highest BCUT2D eigenvalue weighted by atomic mass is 35.5. The molecule has 3 aromatic carbocycles. The van der Waals surface area contributed by atoms with E-state index in [9.17, 15) is 22.8 Å². The third-order valence-corrected chi connectivity index (χ3v) is 9.50. The number of anilines is 2. The van der Waals surface area contributed by atoms with Crippen molar-refractivity contribution in [2.24, 2.45) is 0 Å². The van der Waals surface area contributed by atoms with E-state index >= 15 is 0 Å². The molecule has 0 aromatic heterocycles. The van der Waals surface area contributed by atoms with Crippen LogP contribution in [0.2, 0.25) is 5.02 Å². The number of nitrogens with one attached hydrogen (secondary N) is 3. The summed E-state index contributed by atoms with van der Waals surface area (Å²) in [5.41, 5.74) is 3.00. The van der Waals surface area contributed by atoms with Gasteiger partial charge in [0.2, 0.25) is 5.91 Å². The molecule has 0 heterocycles. The number of rotatable bonds is 17. The number of halogens is 1. The highest BCUT2D eigenvalue weighted by Gasteiger charge is 2.24. The van der Waals surface area contributed by atoms with Crippen molar-refractivity contribution < 1.29 is 22.8 Å². The molecule has 48 heavy (non-hydrogen) atoms. The molecule has 3 aromatic rings. The Hall–Kier alpha value is -4.09. The van der Waals surface area contributed by atoms with Crippen molar-refractivity contribution in [3.8, 4) is 11.1 Å². The maximum absolute atomic E-state index is 13.9. The van der Waals surface area contributed by atoms with E-state index in [2.05, 4.69) is 22.3 Å². The van der Waals surface area contributed by atoms with E-state index in [0.29, 0.717) is 53.6 Å². The Kier molecular flexibility index (Phi) is 15.2. The molecule has 0 atom stereocenters. The summed E-state index contributed by atoms with van der Waals surface area (Å²) in [6, 6.07) is 17.9. The van der Waals surface area contributed by atoms with Crippen molar-refractivity contribution >= 4 is 51.0 Å². The predicted octanol–water partition coefficient (Wildman–Crippen LogP) is 8.17. The Morgan fingerprint density at radius 1 is 0.833 bits per heavy atom. The third kappa shape index (κ3) is 11.3. The van der Waals surface area contributed by atoms with Crippen molar-refractivity contribution in [2.75, 3.05) is 30.4 Å². The van der Waals surface area contributed by atoms with E-state index in [0.717, 1.165) is 50.5 Å². The Balaban J connectivity index is 1.81. The minimum absolute atomic E-state index is 0.0120. The lowest BCUT2D eigenvalue weighted by atomic mass is 10.0. The molecule has 0 fully saturated rings. The molecule has 10 nitrogen and oxygen atoms in total. The number of amides is 5. The lowest BCUT2D eigenvalue weighted by molar-refractivity contribution is -0.116. The maximum Gasteiger partial charge on any atom is 0.328 e. The minimum Gasteiger partial charge on any atom is -0.337 e. The number of urea groups is 2. The van der Waals surface area contributed by atoms with Crippen LogP contribution in [-0.2, 0) is 21.4 Å². The standard InChI is InChI=1S/C36H48ClN5O5S/c1-5-8-13-24-42(36(45)41(4)32-25-29(21-22-31(32)37)39-34(43)16-9-6-2)26-27-17-19-28(20-18-27)30-14-11-12-15-33(30)48(46,47)40-35(44)38-23-10-7-3/h11-12,14-15,17-22,25H,5-10,13,16,23-24,26H2,1-4H3,(H,39,43)(H2,38,40,44). The molecule has 12 heteroatoms. The fourth-order valence-electron chi connectivity index (χ4n) is 5.06. The van der Waals surface area contributed by atoms with Crippen LogP contribution in [0, 0.1) is 0 Å². The molecule has 0 saturated heterocycles. The van der Waals surface area contributed by atoms with E-state index in [4.69, 9.17) is 11.6 Å². The fraction of sp³-hybridized carbons (Fsp3) is 0.417. The molecule has 0 aliphatic carbocycles. The SMILES string of the molecule is CCCCCN(Cc1ccc(-c2ccccc2S(=O)(=O)NC(=O)NCCCC)cc1)C(=O)N(C)c1cc(NC(=O)CCCC)ccc1Cl. The van der Waals surface area contributed by atoms with E-state index in [1.807, 2.05) is 38.1 Å². The van der Waals surface area contributed by atoms with Gasteiger partial charge in [0.1, 0.15) is 0 Å². The molecule has 5 amide bonds. The van der Waals surface area contributed by atoms with Gasteiger partial charge in [0.25, 0.3) is 10.0 Å². The van der Waals surface area contributed by atoms with Crippen molar-refractivity contribution in [2.45, 2.75) is 83.6 Å². The number of hydrogen-bond acceptors (Lipinski definition) is 5. The van der Waals surface area contributed by atoms with E-state index in [-0.39, 0.29) is 16.8 Å². The van der Waals surface area contributed by atoms with E-state index in [1.165, 1.54) is 11.0 Å². The molecular formula is C36H48ClN5O5S. The number of carbonyl (C=O) groups excluding carboxylic acids is 3. The van der Waals surface area contributed by atoms with Gasteiger partial charge in [-0.1, -0.05) is 101 Å². The van der Waals surface area contributed by atoms with Crippen LogP contribution >= 0.6 is 11.6 Å². The molecule has 0 radical (unpaired) electrons. The summed E-state index contributed by atoms with van der Waals surface area (Å²) >= 11 is 6.53. The van der Waals surface area contributed by atoms with Crippen LogP contribution in [0.25, 0.3) is 11.1 Å². The minimum atomic E-state index is -4.14. The topological polar surface area (TPSA) is 128 Å². The third-order valence-electron chi connectivity index (χ3n) is 7.80. The van der Waals surface area contributed by atoms with Crippen LogP contribution in [0.5, 0.6) is 0 Å². The zero-order valence-corrected chi connectivity index (χ0v) is 29.9. The largest absolute Gasteiger partial charge is 0.337 e. The van der Waals surface area contributed by atoms with E-state index in [1.54, 1.807) is 48.3 Å². The molecule has 0 saturated carbocycles. The van der Waals surface area contributed by atoms with Crippen molar-refractivity contribution in [1.82, 2.24) is 14.9 Å². The average Bonchev–Trinajstić information content (AvgIpc) is 3.07. The Bertz CT molecular complexity index is 1630. The molecule has 0 aliphatic rings. The molecule has 0 bridgehead atoms. The number of unbranched alkanes of at least 4 members (excludes halogenated alkanes) is 4. The van der Waals surface area contributed by atoms with Gasteiger partial charge in [-0.3, -0.25) is 9.69 Å². The summed E-state index contributed by atoms with van der Waals surface area (Å²) in [5.74, 6) is -0.0897. The van der Waals surface area contributed by atoms with Gasteiger partial charge < -0.3 is 15.5 Å². The number of sulfonamides is 1. The second-order valence-electron chi connectivity index (χ2n) is 11.7. The van der Waals surface area contributed by atoms with E-state index < -0.39 is 16.1 Å². The van der Waals surface area contributed by atoms with Crippen LogP contribution in [0.15, 0.2) is 71.6 Å². The molecule has 3 rings (SSSR count). The van der Waals surface area contributed by atoms with Gasteiger partial charge in [0, 0.05) is 44.4 Å². The summed E-state index contributed by atoms with van der Waals surface area (Å²) in [6.07, 6.45) is 6.52. The second kappa shape index (κ2) is 19.0. The van der Waals surface area contributed by atoms with Crippen LogP contribution in [0.3, 0.4) is 0 Å². The number of nitrogens with zero attached hydrogens (tertiary/aromatic N) is 2. The second-order valence-corrected chi connectivity index (χ2v) is 13.8. The van der Waals surface area contributed by atoms with Crippen LogP contribution < -0.4 is 20.3 Å². The summed E-state index contributed by atoms with van der Waals surface area (Å²) in [6.45, 7) is 7.33. The van der Waals surface area contributed by atoms with Crippen molar-refractivity contribution in [3.63, 3.8) is 0 Å². The molecule has 0 spiro atoms. The molecule has 0 aliphatic heterocycles. The highest BCUT2D eigenvalue weighted by molar-refractivity contribution is 7.90. The quantitative estimate of drug-likeness (QED) is 0.123. The number of hydrogen-bond donors (Lipinski definition) is 3. The fourth-order valence-corrected chi connectivity index (χ4v) is 6.46. The van der Waals surface area contributed by atoms with Gasteiger partial charge in [0.15, 0.2) is 0 Å². The molecule has 3 N–H and O–H groups in total. The Labute approximate surface area is 290 Å². The van der Waals surface area contributed by atoms with Crippen LogP contribution in [0.1, 0.15) is 77.7 Å². The summed E-state index contributed by atoms with van der Waals surface area (Å²) in [7, 11) is -2.47. The van der Waals surface area contributed by atoms with Gasteiger partial charge in [-0.05, 0) is 54.7 Å². The smallest absolute Gasteiger partial charge is 0.328 e. The lowest BCUT2D eigenvalue weighted by Gasteiger charge is -2.29. The van der Waals surface area contributed by atoms with Crippen molar-refractivity contribution in [3.05, 3.63) is 77.3 Å². The first kappa shape index (κ1) is 38.4. The number of benzene rings is 3. The normalized spacial score (nSPS) is 11.1. The summed E-state index contributed by atoms with van der Waals surface area (Å²) in [4.78, 5) is 41.7. The first-order chi connectivity index (χ1) is 23.0. The Morgan fingerprint density at radius 2 is 1.52 bits per heavy atom. The van der Waals surface area contributed by atoms with Gasteiger partial charge in [-0.15, -0.1) is 0 Å². The molecular weight excluding hydrogens is 650 g/mol. The van der Waals surface area contributed by atoms with Gasteiger partial charge in [0.05, 0.1) is 15.6 Å². The molecule has 260 valence electrons. The highest BCUT2D eigenvalue weighted by Crippen LogP contribution is 2.31. The Morgan fingerprint density at radius 3 is 2.21 bits per heavy atom. The molecule has 0 unspecified atom stereocenters. The van der Waals surface area contributed by atoms with Gasteiger partial charge >= 0.3 is 12.1 Å². The zero-order chi connectivity index (χ0) is 35.1. The van der Waals surface area contributed by atoms with Crippen LogP contribution in [-0.4, -0.2) is 51.4 Å². The average molecular weight is 698 g/mol. The van der Waals surface area contributed by atoms with Gasteiger partial charge in [-0.2, -0.15) is 0 Å². The number of carbonyl (C=O) groups is 3. The zero-order valence-electron chi connectivity index (χ0n) is 28.4. The van der Waals surface area contributed by atoms with Gasteiger partial charge in [-0.25, -0.2) is 22.7 Å². The monoisotopic (exact) mass is 697 g/mol.